The smallest absolute Gasteiger partial charge is 0.119 e. The highest BCUT2D eigenvalue weighted by molar-refractivity contribution is 5.48. The largest absolute Gasteiger partial charge is 0.381 e. The van der Waals surface area contributed by atoms with Gasteiger partial charge in [-0.15, -0.1) is 0 Å². The summed E-state index contributed by atoms with van der Waals surface area (Å²) in [5.74, 6) is 0. The van der Waals surface area contributed by atoms with Gasteiger partial charge in [-0.1, -0.05) is 18.6 Å². The molecule has 0 saturated heterocycles. The van der Waals surface area contributed by atoms with E-state index in [0.29, 0.717) is 13.0 Å². The highest BCUT2D eigenvalue weighted by Gasteiger charge is 1.85. The minimum atomic E-state index is 0.703. The number of hydrogen-bond donors (Lipinski definition) is 0. The van der Waals surface area contributed by atoms with Crippen LogP contribution in [0, 0.1) is 0 Å². The van der Waals surface area contributed by atoms with Crippen molar-refractivity contribution in [1.29, 1.82) is 0 Å². The molecule has 0 aromatic heterocycles. The Morgan fingerprint density at radius 2 is 1.83 bits per heavy atom. The standard InChI is InChI=1S/C10H18O2/c1-12-10-8-6-4-2-3-5-7-9-11/h6,8-9H,2-5,7,10H2,1H3/b8-6+. The van der Waals surface area contributed by atoms with Crippen molar-refractivity contribution in [1.82, 2.24) is 0 Å². The lowest BCUT2D eigenvalue weighted by Crippen LogP contribution is -1.81. The Morgan fingerprint density at radius 3 is 2.50 bits per heavy atom. The summed E-state index contributed by atoms with van der Waals surface area (Å²) in [6.07, 6.45) is 10.3. The van der Waals surface area contributed by atoms with Gasteiger partial charge in [-0.2, -0.15) is 0 Å². The van der Waals surface area contributed by atoms with Gasteiger partial charge in [0.1, 0.15) is 6.29 Å². The second-order valence-electron chi connectivity index (χ2n) is 2.73. The Balaban J connectivity index is 2.94. The predicted octanol–water partition coefficient (Wildman–Crippen LogP) is 2.34. The van der Waals surface area contributed by atoms with E-state index in [-0.39, 0.29) is 0 Å². The highest BCUT2D eigenvalue weighted by Crippen LogP contribution is 2.01. The van der Waals surface area contributed by atoms with Gasteiger partial charge in [0.25, 0.3) is 0 Å². The third kappa shape index (κ3) is 9.37. The van der Waals surface area contributed by atoms with Crippen LogP contribution in [0.4, 0.5) is 0 Å². The Bertz CT molecular complexity index is 119. The van der Waals surface area contributed by atoms with Crippen LogP contribution in [-0.2, 0) is 9.53 Å². The number of carbonyl (C=O) groups is 1. The van der Waals surface area contributed by atoms with Gasteiger partial charge in [0.05, 0.1) is 6.61 Å². The normalized spacial score (nSPS) is 10.8. The summed E-state index contributed by atoms with van der Waals surface area (Å²) in [5.41, 5.74) is 0. The van der Waals surface area contributed by atoms with Gasteiger partial charge in [0.2, 0.25) is 0 Å². The molecule has 0 atom stereocenters. The van der Waals surface area contributed by atoms with Gasteiger partial charge in [-0.05, 0) is 19.3 Å². The maximum absolute atomic E-state index is 9.95. The van der Waals surface area contributed by atoms with Crippen molar-refractivity contribution in [2.75, 3.05) is 13.7 Å². The molecule has 12 heavy (non-hydrogen) atoms. The number of methoxy groups -OCH3 is 1. The first kappa shape index (κ1) is 11.4. The van der Waals surface area contributed by atoms with E-state index in [1.807, 2.05) is 6.08 Å². The fraction of sp³-hybridized carbons (Fsp3) is 0.700. The number of ether oxygens (including phenoxy) is 1. The third-order valence-corrected chi connectivity index (χ3v) is 1.62. The van der Waals surface area contributed by atoms with Crippen LogP contribution in [0.3, 0.4) is 0 Å². The van der Waals surface area contributed by atoms with Crippen LogP contribution in [0.2, 0.25) is 0 Å². The molecule has 2 nitrogen and oxygen atoms in total. The minimum absolute atomic E-state index is 0.703. The average Bonchev–Trinajstić information content (AvgIpc) is 2.10. The molecule has 2 heteroatoms. The maximum Gasteiger partial charge on any atom is 0.119 e. The highest BCUT2D eigenvalue weighted by atomic mass is 16.5. The molecular formula is C10H18O2. The van der Waals surface area contributed by atoms with Gasteiger partial charge in [0, 0.05) is 13.5 Å². The van der Waals surface area contributed by atoms with E-state index in [0.717, 1.165) is 25.5 Å². The molecule has 0 amide bonds. The molecule has 0 bridgehead atoms. The molecule has 0 aromatic rings. The van der Waals surface area contributed by atoms with Crippen molar-refractivity contribution >= 4 is 6.29 Å². The Morgan fingerprint density at radius 1 is 1.08 bits per heavy atom. The summed E-state index contributed by atoms with van der Waals surface area (Å²) in [4.78, 5) is 9.95. The topological polar surface area (TPSA) is 26.3 Å². The fourth-order valence-electron chi connectivity index (χ4n) is 0.949. The Hall–Kier alpha value is -0.630. The molecule has 70 valence electrons. The fourth-order valence-corrected chi connectivity index (χ4v) is 0.949. The van der Waals surface area contributed by atoms with E-state index < -0.39 is 0 Å². The lowest BCUT2D eigenvalue weighted by Gasteiger charge is -1.93. The van der Waals surface area contributed by atoms with Crippen molar-refractivity contribution < 1.29 is 9.53 Å². The van der Waals surface area contributed by atoms with Gasteiger partial charge in [-0.25, -0.2) is 0 Å². The summed E-state index contributed by atoms with van der Waals surface area (Å²) in [7, 11) is 1.69. The van der Waals surface area contributed by atoms with Crippen molar-refractivity contribution in [3.63, 3.8) is 0 Å². The van der Waals surface area contributed by atoms with Crippen molar-refractivity contribution in [2.45, 2.75) is 32.1 Å². The summed E-state index contributed by atoms with van der Waals surface area (Å²) in [5, 5.41) is 0. The summed E-state index contributed by atoms with van der Waals surface area (Å²) < 4.78 is 4.85. The van der Waals surface area contributed by atoms with Crippen molar-refractivity contribution in [2.24, 2.45) is 0 Å². The number of aldehydes is 1. The molecular weight excluding hydrogens is 152 g/mol. The molecule has 0 spiro atoms. The third-order valence-electron chi connectivity index (χ3n) is 1.62. The number of allylic oxidation sites excluding steroid dienone is 1. The molecule has 0 aliphatic carbocycles. The van der Waals surface area contributed by atoms with Crippen molar-refractivity contribution in [3.8, 4) is 0 Å². The van der Waals surface area contributed by atoms with Gasteiger partial charge in [-0.3, -0.25) is 0 Å². The molecule has 0 fully saturated rings. The molecule has 0 radical (unpaired) electrons. The van der Waals surface area contributed by atoms with Gasteiger partial charge >= 0.3 is 0 Å². The quantitative estimate of drug-likeness (QED) is 0.317. The summed E-state index contributed by atoms with van der Waals surface area (Å²) in [6.45, 7) is 0.703. The SMILES string of the molecule is COC/C=C/CCCCCC=O. The summed E-state index contributed by atoms with van der Waals surface area (Å²) in [6, 6.07) is 0. The number of unbranched alkanes of at least 4 members (excludes halogenated alkanes) is 4. The Kier molecular flexibility index (Phi) is 9.83. The van der Waals surface area contributed by atoms with E-state index in [9.17, 15) is 4.79 Å². The number of hydrogen-bond acceptors (Lipinski definition) is 2. The van der Waals surface area contributed by atoms with Crippen LogP contribution in [-0.4, -0.2) is 20.0 Å². The van der Waals surface area contributed by atoms with E-state index in [1.54, 1.807) is 7.11 Å². The average molecular weight is 170 g/mol. The van der Waals surface area contributed by atoms with Crippen LogP contribution < -0.4 is 0 Å². The lowest BCUT2D eigenvalue weighted by atomic mass is 10.1. The Labute approximate surface area is 74.6 Å². The zero-order valence-corrected chi connectivity index (χ0v) is 7.79. The molecule has 0 saturated carbocycles. The minimum Gasteiger partial charge on any atom is -0.381 e. The van der Waals surface area contributed by atoms with E-state index in [4.69, 9.17) is 4.74 Å². The first-order valence-corrected chi connectivity index (χ1v) is 4.49. The number of rotatable bonds is 8. The molecule has 0 aliphatic rings. The van der Waals surface area contributed by atoms with Crippen LogP contribution in [0.1, 0.15) is 32.1 Å². The van der Waals surface area contributed by atoms with E-state index in [1.165, 1.54) is 6.42 Å². The maximum atomic E-state index is 9.95. The summed E-state index contributed by atoms with van der Waals surface area (Å²) >= 11 is 0. The van der Waals surface area contributed by atoms with Crippen LogP contribution in [0.25, 0.3) is 0 Å². The van der Waals surface area contributed by atoms with Gasteiger partial charge < -0.3 is 9.53 Å². The van der Waals surface area contributed by atoms with E-state index in [2.05, 4.69) is 6.08 Å². The van der Waals surface area contributed by atoms with E-state index >= 15 is 0 Å². The molecule has 0 heterocycles. The zero-order valence-electron chi connectivity index (χ0n) is 7.79. The first-order chi connectivity index (χ1) is 5.91. The van der Waals surface area contributed by atoms with Crippen molar-refractivity contribution in [3.05, 3.63) is 12.2 Å². The molecule has 0 unspecified atom stereocenters. The zero-order chi connectivity index (χ0) is 9.07. The molecule has 0 rings (SSSR count). The molecule has 0 N–H and O–H groups in total. The lowest BCUT2D eigenvalue weighted by molar-refractivity contribution is -0.107. The predicted molar refractivity (Wildman–Crippen MR) is 50.2 cm³/mol. The van der Waals surface area contributed by atoms with Crippen LogP contribution in [0.5, 0.6) is 0 Å². The van der Waals surface area contributed by atoms with Crippen LogP contribution >= 0.6 is 0 Å². The monoisotopic (exact) mass is 170 g/mol. The second-order valence-corrected chi connectivity index (χ2v) is 2.73. The van der Waals surface area contributed by atoms with Crippen LogP contribution in [0.15, 0.2) is 12.2 Å². The second kappa shape index (κ2) is 10.4. The molecule has 0 aromatic carbocycles. The molecule has 0 aliphatic heterocycles. The first-order valence-electron chi connectivity index (χ1n) is 4.49. The van der Waals surface area contributed by atoms with Gasteiger partial charge in [0.15, 0.2) is 0 Å². The number of carbonyl (C=O) groups excluding carboxylic acids is 1.